The van der Waals surface area contributed by atoms with Crippen molar-refractivity contribution in [1.29, 1.82) is 0 Å². The average molecular weight is 303 g/mol. The van der Waals surface area contributed by atoms with Gasteiger partial charge in [0.2, 0.25) is 0 Å². The fourth-order valence-corrected chi connectivity index (χ4v) is 4.03. The maximum Gasteiger partial charge on any atom is 0.0542 e. The molecule has 1 aliphatic rings. The van der Waals surface area contributed by atoms with Gasteiger partial charge in [-0.25, -0.2) is 0 Å². The number of aromatic nitrogens is 2. The van der Waals surface area contributed by atoms with Crippen molar-refractivity contribution < 1.29 is 4.21 Å². The summed E-state index contributed by atoms with van der Waals surface area (Å²) in [5.41, 5.74) is 1.23. The van der Waals surface area contributed by atoms with E-state index in [0.29, 0.717) is 11.7 Å². The maximum absolute atomic E-state index is 12.3. The lowest BCUT2D eigenvalue weighted by atomic mass is 9.95. The number of nitrogens with one attached hydrogen (secondary N) is 1. The van der Waals surface area contributed by atoms with Gasteiger partial charge in [-0.05, 0) is 37.6 Å². The van der Waals surface area contributed by atoms with Gasteiger partial charge in [-0.2, -0.15) is 5.10 Å². The molecule has 1 aromatic heterocycles. The number of hydrogen-bond donors (Lipinski definition) is 1. The highest BCUT2D eigenvalue weighted by Gasteiger charge is 2.22. The fraction of sp³-hybridized carbons (Fsp3) is 0.438. The SMILES string of the molecule is O=[S@](CCN1CCC[C@H](c2ccn[nH]2)C1)c1ccccc1. The van der Waals surface area contributed by atoms with Crippen LogP contribution in [-0.2, 0) is 10.8 Å². The summed E-state index contributed by atoms with van der Waals surface area (Å²) in [7, 11) is -0.895. The van der Waals surface area contributed by atoms with E-state index in [4.69, 9.17) is 0 Å². The van der Waals surface area contributed by atoms with Crippen LogP contribution in [0, 0.1) is 0 Å². The third-order valence-electron chi connectivity index (χ3n) is 4.07. The number of piperidine rings is 1. The molecule has 2 atom stereocenters. The molecule has 21 heavy (non-hydrogen) atoms. The third kappa shape index (κ3) is 3.80. The second-order valence-corrected chi connectivity index (χ2v) is 7.09. The van der Waals surface area contributed by atoms with Crippen molar-refractivity contribution >= 4 is 10.8 Å². The molecule has 2 aromatic rings. The molecule has 1 saturated heterocycles. The number of hydrogen-bond acceptors (Lipinski definition) is 3. The normalized spacial score (nSPS) is 21.2. The first-order valence-corrected chi connectivity index (χ1v) is 8.80. The molecular formula is C16H21N3OS. The first-order chi connectivity index (χ1) is 10.3. The smallest absolute Gasteiger partial charge is 0.0542 e. The van der Waals surface area contributed by atoms with Gasteiger partial charge in [0.15, 0.2) is 0 Å². The molecule has 0 saturated carbocycles. The third-order valence-corrected chi connectivity index (χ3v) is 5.42. The van der Waals surface area contributed by atoms with Crippen molar-refractivity contribution in [2.24, 2.45) is 0 Å². The lowest BCUT2D eigenvalue weighted by Crippen LogP contribution is -2.37. The van der Waals surface area contributed by atoms with Crippen molar-refractivity contribution in [1.82, 2.24) is 15.1 Å². The molecule has 112 valence electrons. The summed E-state index contributed by atoms with van der Waals surface area (Å²) in [6.45, 7) is 3.04. The largest absolute Gasteiger partial charge is 0.302 e. The second kappa shape index (κ2) is 7.00. The van der Waals surface area contributed by atoms with Crippen molar-refractivity contribution in [3.63, 3.8) is 0 Å². The number of likely N-dealkylation sites (tertiary alicyclic amines) is 1. The van der Waals surface area contributed by atoms with Crippen LogP contribution in [-0.4, -0.2) is 44.7 Å². The first-order valence-electron chi connectivity index (χ1n) is 7.48. The van der Waals surface area contributed by atoms with E-state index in [-0.39, 0.29) is 0 Å². The number of H-pyrrole nitrogens is 1. The summed E-state index contributed by atoms with van der Waals surface area (Å²) in [5, 5.41) is 7.13. The Kier molecular flexibility index (Phi) is 4.83. The van der Waals surface area contributed by atoms with E-state index in [2.05, 4.69) is 21.2 Å². The summed E-state index contributed by atoms with van der Waals surface area (Å²) in [6, 6.07) is 11.8. The highest BCUT2D eigenvalue weighted by Crippen LogP contribution is 2.25. The lowest BCUT2D eigenvalue weighted by Gasteiger charge is -2.32. The van der Waals surface area contributed by atoms with Gasteiger partial charge in [-0.1, -0.05) is 18.2 Å². The minimum atomic E-state index is -0.895. The highest BCUT2D eigenvalue weighted by molar-refractivity contribution is 7.85. The molecule has 0 amide bonds. The van der Waals surface area contributed by atoms with Crippen LogP contribution in [0.5, 0.6) is 0 Å². The summed E-state index contributed by atoms with van der Waals surface area (Å²) < 4.78 is 12.3. The summed E-state index contributed by atoms with van der Waals surface area (Å²) in [4.78, 5) is 3.36. The van der Waals surface area contributed by atoms with Crippen LogP contribution in [0.2, 0.25) is 0 Å². The Labute approximate surface area is 128 Å². The van der Waals surface area contributed by atoms with Crippen molar-refractivity contribution in [2.75, 3.05) is 25.4 Å². The van der Waals surface area contributed by atoms with E-state index in [1.54, 1.807) is 0 Å². The van der Waals surface area contributed by atoms with Gasteiger partial charge in [0.25, 0.3) is 0 Å². The van der Waals surface area contributed by atoms with E-state index in [0.717, 1.165) is 24.5 Å². The van der Waals surface area contributed by atoms with Crippen LogP contribution in [0.3, 0.4) is 0 Å². The molecule has 4 nitrogen and oxygen atoms in total. The molecule has 1 aromatic carbocycles. The zero-order valence-electron chi connectivity index (χ0n) is 12.1. The number of nitrogens with zero attached hydrogens (tertiary/aromatic N) is 2. The Morgan fingerprint density at radius 1 is 1.29 bits per heavy atom. The molecule has 1 fully saturated rings. The van der Waals surface area contributed by atoms with Crippen molar-refractivity contribution in [2.45, 2.75) is 23.7 Å². The van der Waals surface area contributed by atoms with Gasteiger partial charge in [0.1, 0.15) is 0 Å². The second-order valence-electron chi connectivity index (χ2n) is 5.51. The topological polar surface area (TPSA) is 49.0 Å². The number of rotatable bonds is 5. The zero-order valence-corrected chi connectivity index (χ0v) is 12.9. The highest BCUT2D eigenvalue weighted by atomic mass is 32.2. The molecular weight excluding hydrogens is 282 g/mol. The molecule has 0 unspecified atom stereocenters. The van der Waals surface area contributed by atoms with Crippen LogP contribution < -0.4 is 0 Å². The molecule has 2 heterocycles. The van der Waals surface area contributed by atoms with Gasteiger partial charge in [0, 0.05) is 41.5 Å². The van der Waals surface area contributed by atoms with Crippen LogP contribution >= 0.6 is 0 Å². The summed E-state index contributed by atoms with van der Waals surface area (Å²) in [6.07, 6.45) is 4.22. The Bertz CT molecular complexity index is 570. The predicted molar refractivity (Wildman–Crippen MR) is 84.7 cm³/mol. The molecule has 0 spiro atoms. The Morgan fingerprint density at radius 2 is 2.14 bits per heavy atom. The van der Waals surface area contributed by atoms with Crippen molar-refractivity contribution in [3.8, 4) is 0 Å². The Morgan fingerprint density at radius 3 is 2.90 bits per heavy atom. The standard InChI is InChI=1S/C16H21N3OS/c20-21(15-6-2-1-3-7-15)12-11-19-10-4-5-14(13-19)16-8-9-17-18-16/h1-3,6-9,14H,4-5,10-13H2,(H,17,18)/t14-,21+/m0/s1. The molecule has 1 N–H and O–H groups in total. The maximum atomic E-state index is 12.3. The Hall–Kier alpha value is -1.46. The number of benzene rings is 1. The van der Waals surface area contributed by atoms with Crippen LogP contribution in [0.4, 0.5) is 0 Å². The van der Waals surface area contributed by atoms with Gasteiger partial charge in [0.05, 0.1) is 10.8 Å². The monoisotopic (exact) mass is 303 g/mol. The molecule has 0 bridgehead atoms. The Balaban J connectivity index is 1.52. The lowest BCUT2D eigenvalue weighted by molar-refractivity contribution is 0.217. The quantitative estimate of drug-likeness (QED) is 0.922. The van der Waals surface area contributed by atoms with E-state index in [1.165, 1.54) is 18.5 Å². The molecule has 0 radical (unpaired) electrons. The summed E-state index contributed by atoms with van der Waals surface area (Å²) >= 11 is 0. The van der Waals surface area contributed by atoms with Gasteiger partial charge < -0.3 is 4.90 Å². The fourth-order valence-electron chi connectivity index (χ4n) is 2.91. The van der Waals surface area contributed by atoms with E-state index < -0.39 is 10.8 Å². The molecule has 3 rings (SSSR count). The molecule has 1 aliphatic heterocycles. The van der Waals surface area contributed by atoms with Crippen LogP contribution in [0.1, 0.15) is 24.5 Å². The number of aromatic amines is 1. The molecule has 0 aliphatic carbocycles. The first kappa shape index (κ1) is 14.5. The van der Waals surface area contributed by atoms with Crippen LogP contribution in [0.25, 0.3) is 0 Å². The predicted octanol–water partition coefficient (Wildman–Crippen LogP) is 2.40. The van der Waals surface area contributed by atoms with E-state index >= 15 is 0 Å². The van der Waals surface area contributed by atoms with Crippen LogP contribution in [0.15, 0.2) is 47.5 Å². The minimum absolute atomic E-state index is 0.534. The summed E-state index contributed by atoms with van der Waals surface area (Å²) in [5.74, 6) is 1.24. The average Bonchev–Trinajstić information content (AvgIpc) is 3.08. The van der Waals surface area contributed by atoms with E-state index in [1.807, 2.05) is 36.5 Å². The van der Waals surface area contributed by atoms with Gasteiger partial charge in [-0.3, -0.25) is 9.31 Å². The minimum Gasteiger partial charge on any atom is -0.302 e. The van der Waals surface area contributed by atoms with Crippen molar-refractivity contribution in [3.05, 3.63) is 48.3 Å². The molecule has 5 heteroatoms. The van der Waals surface area contributed by atoms with E-state index in [9.17, 15) is 4.21 Å². The zero-order chi connectivity index (χ0) is 14.5. The van der Waals surface area contributed by atoms with Gasteiger partial charge >= 0.3 is 0 Å². The van der Waals surface area contributed by atoms with Gasteiger partial charge in [-0.15, -0.1) is 0 Å².